The minimum absolute atomic E-state index is 0.413. The Morgan fingerprint density at radius 3 is 1.55 bits per heavy atom. The number of rotatable bonds is 5. The van der Waals surface area contributed by atoms with Crippen molar-refractivity contribution in [2.45, 2.75) is 0 Å². The van der Waals surface area contributed by atoms with Gasteiger partial charge in [-0.15, -0.1) is 0 Å². The molecule has 0 unspecified atom stereocenters. The van der Waals surface area contributed by atoms with Crippen molar-refractivity contribution in [3.63, 3.8) is 0 Å². The Morgan fingerprint density at radius 2 is 1.18 bits per heavy atom. The summed E-state index contributed by atoms with van der Waals surface area (Å²) in [6, 6.07) is 14.0. The third-order valence-electron chi connectivity index (χ3n) is 2.77. The Kier molecular flexibility index (Phi) is 4.88. The number of hydrogen-bond donors (Lipinski definition) is 0. The summed E-state index contributed by atoms with van der Waals surface area (Å²) in [6.45, 7) is 6.71. The molecule has 0 saturated heterocycles. The summed E-state index contributed by atoms with van der Waals surface area (Å²) in [7, 11) is 0. The fourth-order valence-corrected chi connectivity index (χ4v) is 1.79. The van der Waals surface area contributed by atoms with Gasteiger partial charge in [-0.05, 0) is 35.4 Å². The first-order chi connectivity index (χ1) is 10.6. The van der Waals surface area contributed by atoms with E-state index < -0.39 is 11.9 Å². The summed E-state index contributed by atoms with van der Waals surface area (Å²) in [4.78, 5) is 22.5. The van der Waals surface area contributed by atoms with Crippen LogP contribution >= 0.6 is 0 Å². The van der Waals surface area contributed by atoms with Gasteiger partial charge < -0.3 is 9.47 Å². The van der Waals surface area contributed by atoms with E-state index >= 15 is 0 Å². The molecular weight excluding hydrogens is 280 g/mol. The summed E-state index contributed by atoms with van der Waals surface area (Å²) >= 11 is 0. The van der Waals surface area contributed by atoms with Gasteiger partial charge in [-0.1, -0.05) is 37.4 Å². The Hall–Kier alpha value is -3.14. The lowest BCUT2D eigenvalue weighted by molar-refractivity contribution is -0.129. The van der Waals surface area contributed by atoms with Crippen LogP contribution in [0.2, 0.25) is 0 Å². The minimum Gasteiger partial charge on any atom is -0.423 e. The molecule has 0 fully saturated rings. The average molecular weight is 294 g/mol. The van der Waals surface area contributed by atoms with Gasteiger partial charge in [0.1, 0.15) is 11.5 Å². The molecule has 2 aromatic carbocycles. The standard InChI is InChI=1S/C18H14O4/c1-3-17(19)21-15-9-5-7-13(11-15)14-8-6-10-16(12-14)22-18(20)4-2/h3-12H,1-2H2. The third-order valence-corrected chi connectivity index (χ3v) is 2.77. The van der Waals surface area contributed by atoms with Crippen molar-refractivity contribution in [1.82, 2.24) is 0 Å². The summed E-state index contributed by atoms with van der Waals surface area (Å²) in [6.07, 6.45) is 2.20. The van der Waals surface area contributed by atoms with Crippen LogP contribution in [0.15, 0.2) is 73.8 Å². The second kappa shape index (κ2) is 7.04. The molecule has 0 amide bonds. The highest BCUT2D eigenvalue weighted by molar-refractivity contribution is 5.84. The summed E-state index contributed by atoms with van der Waals surface area (Å²) in [5, 5.41) is 0. The second-order valence-corrected chi connectivity index (χ2v) is 4.31. The van der Waals surface area contributed by atoms with Gasteiger partial charge in [-0.25, -0.2) is 9.59 Å². The number of carbonyl (C=O) groups is 2. The predicted octanol–water partition coefficient (Wildman–Crippen LogP) is 3.54. The van der Waals surface area contributed by atoms with Crippen LogP contribution in [0.25, 0.3) is 11.1 Å². The first-order valence-electron chi connectivity index (χ1n) is 6.51. The molecule has 0 spiro atoms. The molecular formula is C18H14O4. The Bertz CT molecular complexity index is 668. The van der Waals surface area contributed by atoms with Crippen LogP contribution in [0.4, 0.5) is 0 Å². The van der Waals surface area contributed by atoms with Crippen LogP contribution in [0.1, 0.15) is 0 Å². The fourth-order valence-electron chi connectivity index (χ4n) is 1.79. The fraction of sp³-hybridized carbons (Fsp3) is 0. The third kappa shape index (κ3) is 3.93. The zero-order chi connectivity index (χ0) is 15.9. The van der Waals surface area contributed by atoms with Crippen molar-refractivity contribution in [1.29, 1.82) is 0 Å². The van der Waals surface area contributed by atoms with E-state index in [0.29, 0.717) is 11.5 Å². The number of ether oxygens (including phenoxy) is 2. The highest BCUT2D eigenvalue weighted by atomic mass is 16.5. The molecule has 0 N–H and O–H groups in total. The number of esters is 2. The maximum absolute atomic E-state index is 11.2. The maximum atomic E-state index is 11.2. The highest BCUT2D eigenvalue weighted by Crippen LogP contribution is 2.27. The van der Waals surface area contributed by atoms with Crippen molar-refractivity contribution in [3.05, 3.63) is 73.8 Å². The Morgan fingerprint density at radius 1 is 0.773 bits per heavy atom. The molecule has 0 saturated carbocycles. The molecule has 0 aliphatic rings. The lowest BCUT2D eigenvalue weighted by Gasteiger charge is -2.07. The van der Waals surface area contributed by atoms with Crippen molar-refractivity contribution in [3.8, 4) is 22.6 Å². The van der Waals surface area contributed by atoms with Crippen molar-refractivity contribution in [2.24, 2.45) is 0 Å². The van der Waals surface area contributed by atoms with E-state index in [0.717, 1.165) is 23.3 Å². The van der Waals surface area contributed by atoms with Gasteiger partial charge in [0, 0.05) is 12.2 Å². The Balaban J connectivity index is 2.27. The summed E-state index contributed by atoms with van der Waals surface area (Å²) in [5.41, 5.74) is 1.65. The zero-order valence-electron chi connectivity index (χ0n) is 11.8. The Labute approximate surface area is 128 Å². The van der Waals surface area contributed by atoms with Crippen molar-refractivity contribution < 1.29 is 19.1 Å². The smallest absolute Gasteiger partial charge is 0.335 e. The van der Waals surface area contributed by atoms with E-state index in [4.69, 9.17) is 9.47 Å². The van der Waals surface area contributed by atoms with Crippen molar-refractivity contribution >= 4 is 11.9 Å². The highest BCUT2D eigenvalue weighted by Gasteiger charge is 2.05. The molecule has 0 atom stereocenters. The number of carbonyl (C=O) groups excluding carboxylic acids is 2. The molecule has 2 rings (SSSR count). The quantitative estimate of drug-likeness (QED) is 0.481. The molecule has 0 aliphatic heterocycles. The zero-order valence-corrected chi connectivity index (χ0v) is 11.8. The van der Waals surface area contributed by atoms with Crippen LogP contribution in [-0.4, -0.2) is 11.9 Å². The van der Waals surface area contributed by atoms with Crippen LogP contribution in [0.3, 0.4) is 0 Å². The molecule has 22 heavy (non-hydrogen) atoms. The van der Waals surface area contributed by atoms with Crippen LogP contribution in [-0.2, 0) is 9.59 Å². The van der Waals surface area contributed by atoms with Gasteiger partial charge in [0.05, 0.1) is 0 Å². The van der Waals surface area contributed by atoms with Gasteiger partial charge in [0.2, 0.25) is 0 Å². The summed E-state index contributed by atoms with van der Waals surface area (Å²) in [5.74, 6) is -0.219. The molecule has 4 nitrogen and oxygen atoms in total. The average Bonchev–Trinajstić information content (AvgIpc) is 2.55. The summed E-state index contributed by atoms with van der Waals surface area (Å²) < 4.78 is 10.2. The van der Waals surface area contributed by atoms with E-state index in [1.54, 1.807) is 36.4 Å². The van der Waals surface area contributed by atoms with Gasteiger partial charge in [0.25, 0.3) is 0 Å². The van der Waals surface area contributed by atoms with E-state index in [1.165, 1.54) is 0 Å². The largest absolute Gasteiger partial charge is 0.423 e. The molecule has 4 heteroatoms. The molecule has 2 aromatic rings. The molecule has 0 bridgehead atoms. The first-order valence-corrected chi connectivity index (χ1v) is 6.51. The van der Waals surface area contributed by atoms with Gasteiger partial charge in [-0.3, -0.25) is 0 Å². The monoisotopic (exact) mass is 294 g/mol. The van der Waals surface area contributed by atoms with Crippen molar-refractivity contribution in [2.75, 3.05) is 0 Å². The van der Waals surface area contributed by atoms with Crippen LogP contribution in [0, 0.1) is 0 Å². The first kappa shape index (κ1) is 15.3. The lowest BCUT2D eigenvalue weighted by atomic mass is 10.1. The lowest BCUT2D eigenvalue weighted by Crippen LogP contribution is -2.03. The van der Waals surface area contributed by atoms with E-state index in [2.05, 4.69) is 13.2 Å². The maximum Gasteiger partial charge on any atom is 0.335 e. The normalized spacial score (nSPS) is 9.64. The SMILES string of the molecule is C=CC(=O)Oc1cccc(-c2cccc(OC(=O)C=C)c2)c1. The van der Waals surface area contributed by atoms with Gasteiger partial charge in [0.15, 0.2) is 0 Å². The number of benzene rings is 2. The molecule has 0 radical (unpaired) electrons. The van der Waals surface area contributed by atoms with E-state index in [1.807, 2.05) is 12.1 Å². The molecule has 0 aliphatic carbocycles. The van der Waals surface area contributed by atoms with Gasteiger partial charge >= 0.3 is 11.9 Å². The predicted molar refractivity (Wildman–Crippen MR) is 83.5 cm³/mol. The molecule has 110 valence electrons. The van der Waals surface area contributed by atoms with Crippen LogP contribution in [0.5, 0.6) is 11.5 Å². The minimum atomic E-state index is -0.522. The topological polar surface area (TPSA) is 52.6 Å². The van der Waals surface area contributed by atoms with Gasteiger partial charge in [-0.2, -0.15) is 0 Å². The molecule has 0 aromatic heterocycles. The second-order valence-electron chi connectivity index (χ2n) is 4.31. The van der Waals surface area contributed by atoms with E-state index in [-0.39, 0.29) is 0 Å². The number of hydrogen-bond acceptors (Lipinski definition) is 4. The van der Waals surface area contributed by atoms with Crippen LogP contribution < -0.4 is 9.47 Å². The van der Waals surface area contributed by atoms with E-state index in [9.17, 15) is 9.59 Å². The molecule has 0 heterocycles.